The lowest BCUT2D eigenvalue weighted by Crippen LogP contribution is -1.97. The smallest absolute Gasteiger partial charge is 0.123 e. The van der Waals surface area contributed by atoms with Gasteiger partial charge in [0.15, 0.2) is 0 Å². The Morgan fingerprint density at radius 2 is 1.32 bits per heavy atom. The molecule has 3 aromatic carbocycles. The molecule has 0 aliphatic carbocycles. The topological polar surface area (TPSA) is 0 Å². The summed E-state index contributed by atoms with van der Waals surface area (Å²) in [4.78, 5) is 1.18. The molecule has 0 nitrogen and oxygen atoms in total. The monoisotopic (exact) mass is 372 g/mol. The Bertz CT molecular complexity index is 724. The summed E-state index contributed by atoms with van der Waals surface area (Å²) < 4.78 is 14.3. The number of thioether (sulfide) groups is 1. The van der Waals surface area contributed by atoms with Crippen LogP contribution in [0.25, 0.3) is 0 Å². The third-order valence-corrected chi connectivity index (χ3v) is 5.20. The second-order valence-corrected chi connectivity index (χ2v) is 7.01. The molecule has 0 heterocycles. The fraction of sp³-hybridized carbons (Fsp3) is 0.0526. The van der Waals surface area contributed by atoms with E-state index in [1.807, 2.05) is 42.5 Å². The van der Waals surface area contributed by atoms with E-state index in [0.29, 0.717) is 0 Å². The van der Waals surface area contributed by atoms with Crippen LogP contribution in [-0.4, -0.2) is 0 Å². The van der Waals surface area contributed by atoms with Gasteiger partial charge in [0.25, 0.3) is 0 Å². The number of hydrogen-bond acceptors (Lipinski definition) is 1. The minimum Gasteiger partial charge on any atom is -0.207 e. The van der Waals surface area contributed by atoms with Gasteiger partial charge in [0.1, 0.15) is 5.82 Å². The predicted molar refractivity (Wildman–Crippen MR) is 94.7 cm³/mol. The summed E-state index contributed by atoms with van der Waals surface area (Å²) in [5.74, 6) is -0.204. The van der Waals surface area contributed by atoms with Crippen molar-refractivity contribution in [1.82, 2.24) is 0 Å². The third kappa shape index (κ3) is 3.79. The summed E-state index contributed by atoms with van der Waals surface area (Å²) in [7, 11) is 0. The summed E-state index contributed by atoms with van der Waals surface area (Å²) >= 11 is 5.22. The molecule has 3 rings (SSSR count). The molecule has 110 valence electrons. The first kappa shape index (κ1) is 15.3. The Morgan fingerprint density at radius 1 is 0.727 bits per heavy atom. The van der Waals surface area contributed by atoms with Crippen molar-refractivity contribution in [1.29, 1.82) is 0 Å². The number of hydrogen-bond donors (Lipinski definition) is 0. The zero-order valence-electron chi connectivity index (χ0n) is 11.7. The lowest BCUT2D eigenvalue weighted by atomic mass is 10.0. The van der Waals surface area contributed by atoms with Gasteiger partial charge in [0.05, 0.1) is 5.25 Å². The second-order valence-electron chi connectivity index (χ2n) is 4.91. The van der Waals surface area contributed by atoms with E-state index in [4.69, 9.17) is 0 Å². The van der Waals surface area contributed by atoms with Gasteiger partial charge in [-0.15, -0.1) is 11.8 Å². The van der Waals surface area contributed by atoms with Crippen LogP contribution in [0.5, 0.6) is 0 Å². The first-order valence-electron chi connectivity index (χ1n) is 6.95. The van der Waals surface area contributed by atoms with Gasteiger partial charge in [-0.25, -0.2) is 4.39 Å². The molecular formula is C19H14BrFS. The van der Waals surface area contributed by atoms with E-state index in [1.54, 1.807) is 11.8 Å². The molecule has 3 aromatic rings. The fourth-order valence-corrected chi connectivity index (χ4v) is 3.66. The van der Waals surface area contributed by atoms with Gasteiger partial charge in [0, 0.05) is 9.37 Å². The summed E-state index contributed by atoms with van der Waals surface area (Å²) in [5, 5.41) is 0.142. The van der Waals surface area contributed by atoms with Crippen molar-refractivity contribution in [3.63, 3.8) is 0 Å². The molecule has 3 heteroatoms. The molecule has 0 saturated carbocycles. The molecule has 0 aromatic heterocycles. The molecule has 0 bridgehead atoms. The lowest BCUT2D eigenvalue weighted by molar-refractivity contribution is 0.627. The largest absolute Gasteiger partial charge is 0.207 e. The zero-order chi connectivity index (χ0) is 15.4. The average molecular weight is 373 g/mol. The highest BCUT2D eigenvalue weighted by Gasteiger charge is 2.15. The van der Waals surface area contributed by atoms with Crippen LogP contribution in [0.4, 0.5) is 4.39 Å². The Morgan fingerprint density at radius 3 is 1.95 bits per heavy atom. The highest BCUT2D eigenvalue weighted by Crippen LogP contribution is 2.40. The first-order chi connectivity index (χ1) is 10.7. The minimum atomic E-state index is -0.204. The molecule has 22 heavy (non-hydrogen) atoms. The van der Waals surface area contributed by atoms with Gasteiger partial charge in [-0.2, -0.15) is 0 Å². The molecule has 0 aliphatic rings. The van der Waals surface area contributed by atoms with Gasteiger partial charge < -0.3 is 0 Å². The lowest BCUT2D eigenvalue weighted by Gasteiger charge is -2.18. The predicted octanol–water partition coefficient (Wildman–Crippen LogP) is 6.47. The van der Waals surface area contributed by atoms with Crippen LogP contribution in [0.2, 0.25) is 0 Å². The Hall–Kier alpha value is -1.58. The number of rotatable bonds is 4. The quantitative estimate of drug-likeness (QED) is 0.472. The van der Waals surface area contributed by atoms with E-state index in [1.165, 1.54) is 22.6 Å². The van der Waals surface area contributed by atoms with E-state index < -0.39 is 0 Å². The fourth-order valence-electron chi connectivity index (χ4n) is 2.24. The van der Waals surface area contributed by atoms with Crippen molar-refractivity contribution in [3.8, 4) is 0 Å². The van der Waals surface area contributed by atoms with E-state index in [-0.39, 0.29) is 11.1 Å². The van der Waals surface area contributed by atoms with Crippen molar-refractivity contribution in [3.05, 3.63) is 100 Å². The molecule has 0 amide bonds. The van der Waals surface area contributed by atoms with Crippen molar-refractivity contribution < 1.29 is 4.39 Å². The molecule has 0 fully saturated rings. The van der Waals surface area contributed by atoms with Crippen LogP contribution >= 0.6 is 27.7 Å². The van der Waals surface area contributed by atoms with Crippen LogP contribution in [0.15, 0.2) is 88.2 Å². The SMILES string of the molecule is Fc1ccc(C(Sc2ccc(Br)cc2)c2ccccc2)cc1. The molecule has 1 atom stereocenters. The maximum absolute atomic E-state index is 13.2. The average Bonchev–Trinajstić information content (AvgIpc) is 2.56. The van der Waals surface area contributed by atoms with Crippen molar-refractivity contribution >= 4 is 27.7 Å². The number of benzene rings is 3. The second kappa shape index (κ2) is 7.12. The van der Waals surface area contributed by atoms with Gasteiger partial charge in [-0.05, 0) is 47.5 Å². The van der Waals surface area contributed by atoms with E-state index in [2.05, 4.69) is 40.2 Å². The summed E-state index contributed by atoms with van der Waals surface area (Å²) in [5.41, 5.74) is 2.31. The van der Waals surface area contributed by atoms with Gasteiger partial charge in [0.2, 0.25) is 0 Å². The maximum Gasteiger partial charge on any atom is 0.123 e. The van der Waals surface area contributed by atoms with E-state index >= 15 is 0 Å². The minimum absolute atomic E-state index is 0.142. The van der Waals surface area contributed by atoms with E-state index in [0.717, 1.165) is 10.0 Å². The Balaban J connectivity index is 1.96. The molecule has 0 spiro atoms. The van der Waals surface area contributed by atoms with Crippen molar-refractivity contribution in [2.24, 2.45) is 0 Å². The van der Waals surface area contributed by atoms with Crippen LogP contribution in [0.1, 0.15) is 16.4 Å². The van der Waals surface area contributed by atoms with Crippen LogP contribution < -0.4 is 0 Å². The Labute approximate surface area is 142 Å². The normalized spacial score (nSPS) is 12.1. The molecule has 0 aliphatic heterocycles. The molecule has 0 radical (unpaired) electrons. The van der Waals surface area contributed by atoms with Crippen LogP contribution in [0.3, 0.4) is 0 Å². The summed E-state index contributed by atoms with van der Waals surface area (Å²) in [6.45, 7) is 0. The summed E-state index contributed by atoms with van der Waals surface area (Å²) in [6.07, 6.45) is 0. The molecular weight excluding hydrogens is 359 g/mol. The molecule has 0 N–H and O–H groups in total. The molecule has 1 unspecified atom stereocenters. The highest BCUT2D eigenvalue weighted by molar-refractivity contribution is 9.10. The first-order valence-corrected chi connectivity index (χ1v) is 8.62. The summed E-state index contributed by atoms with van der Waals surface area (Å²) in [6, 6.07) is 25.3. The van der Waals surface area contributed by atoms with Crippen LogP contribution in [-0.2, 0) is 0 Å². The van der Waals surface area contributed by atoms with E-state index in [9.17, 15) is 4.39 Å². The van der Waals surface area contributed by atoms with Gasteiger partial charge in [-0.1, -0.05) is 58.4 Å². The van der Waals surface area contributed by atoms with Gasteiger partial charge >= 0.3 is 0 Å². The maximum atomic E-state index is 13.2. The van der Waals surface area contributed by atoms with Gasteiger partial charge in [-0.3, -0.25) is 0 Å². The van der Waals surface area contributed by atoms with Crippen molar-refractivity contribution in [2.45, 2.75) is 10.1 Å². The molecule has 0 saturated heterocycles. The number of halogens is 2. The zero-order valence-corrected chi connectivity index (χ0v) is 14.1. The Kier molecular flexibility index (Phi) is 4.96. The highest BCUT2D eigenvalue weighted by atomic mass is 79.9. The van der Waals surface area contributed by atoms with Crippen molar-refractivity contribution in [2.75, 3.05) is 0 Å². The van der Waals surface area contributed by atoms with Crippen LogP contribution in [0, 0.1) is 5.82 Å². The standard InChI is InChI=1S/C19H14BrFS/c20-16-8-12-18(13-9-16)22-19(14-4-2-1-3-5-14)15-6-10-17(21)11-7-15/h1-13,19H. The third-order valence-electron chi connectivity index (χ3n) is 3.34.